The Morgan fingerprint density at radius 1 is 1.15 bits per heavy atom. The van der Waals surface area contributed by atoms with E-state index in [0.29, 0.717) is 17.0 Å². The van der Waals surface area contributed by atoms with E-state index >= 15 is 0 Å². The summed E-state index contributed by atoms with van der Waals surface area (Å²) >= 11 is 0. The van der Waals surface area contributed by atoms with Crippen molar-refractivity contribution >= 4 is 24.8 Å². The molecular weight excluding hydrogens is 480 g/mol. The third-order valence-corrected chi connectivity index (χ3v) is 5.40. The van der Waals surface area contributed by atoms with Gasteiger partial charge in [0.05, 0.1) is 12.8 Å². The number of ether oxygens (including phenoxy) is 1. The molecule has 2 N–H and O–H groups in total. The number of hydrogen-bond acceptors (Lipinski definition) is 6. The zero-order chi connectivity index (χ0) is 21.8. The summed E-state index contributed by atoms with van der Waals surface area (Å²) < 4.78 is 45.7. The average molecular weight is 505 g/mol. The lowest BCUT2D eigenvalue weighted by Crippen LogP contribution is -2.45. The second-order valence-electron chi connectivity index (χ2n) is 7.38. The largest absolute Gasteiger partial charge is 0.496 e. The molecule has 2 aromatic carbocycles. The molecule has 0 radical (unpaired) electrons. The Labute approximate surface area is 201 Å². The molecule has 0 saturated carbocycles. The number of rotatable bonds is 6. The fourth-order valence-corrected chi connectivity index (χ4v) is 3.93. The number of alkyl halides is 3. The van der Waals surface area contributed by atoms with Crippen LogP contribution in [0.5, 0.6) is 5.75 Å². The van der Waals surface area contributed by atoms with Crippen molar-refractivity contribution in [2.45, 2.75) is 37.6 Å². The molecule has 0 aliphatic carbocycles. The van der Waals surface area contributed by atoms with Crippen LogP contribution in [0.1, 0.15) is 35.8 Å². The predicted octanol–water partition coefficient (Wildman–Crippen LogP) is 4.12. The fraction of sp³-hybridized carbons (Fsp3) is 0.381. The maximum atomic E-state index is 13.2. The van der Waals surface area contributed by atoms with Gasteiger partial charge in [0, 0.05) is 24.2 Å². The highest BCUT2D eigenvalue weighted by molar-refractivity contribution is 5.85. The molecule has 2 atom stereocenters. The Morgan fingerprint density at radius 3 is 2.61 bits per heavy atom. The van der Waals surface area contributed by atoms with Gasteiger partial charge in [-0.3, -0.25) is 0 Å². The first-order chi connectivity index (χ1) is 15.0. The first-order valence-corrected chi connectivity index (χ1v) is 10.0. The fourth-order valence-electron chi connectivity index (χ4n) is 3.93. The molecule has 4 rings (SSSR count). The lowest BCUT2D eigenvalue weighted by atomic mass is 9.92. The highest BCUT2D eigenvalue weighted by Crippen LogP contribution is 2.30. The Balaban J connectivity index is 0.00000193. The minimum atomic E-state index is -4.65. The normalized spacial score (nSPS) is 18.2. The van der Waals surface area contributed by atoms with Crippen LogP contribution in [0.2, 0.25) is 0 Å². The minimum absolute atomic E-state index is 0. The van der Waals surface area contributed by atoms with E-state index in [2.05, 4.69) is 38.3 Å². The van der Waals surface area contributed by atoms with E-state index in [1.807, 2.05) is 18.2 Å². The third kappa shape index (κ3) is 6.14. The molecule has 0 spiro atoms. The van der Waals surface area contributed by atoms with Crippen molar-refractivity contribution < 1.29 is 17.9 Å². The molecule has 0 amide bonds. The quantitative estimate of drug-likeness (QED) is 0.525. The van der Waals surface area contributed by atoms with E-state index in [0.717, 1.165) is 24.9 Å². The lowest BCUT2D eigenvalue weighted by molar-refractivity contribution is -0.146. The van der Waals surface area contributed by atoms with Crippen molar-refractivity contribution in [3.8, 4) is 11.4 Å². The summed E-state index contributed by atoms with van der Waals surface area (Å²) in [5, 5.41) is 16.9. The molecule has 0 bridgehead atoms. The van der Waals surface area contributed by atoms with Crippen LogP contribution >= 0.6 is 24.8 Å². The molecule has 7 nitrogen and oxygen atoms in total. The zero-order valence-corrected chi connectivity index (χ0v) is 19.4. The van der Waals surface area contributed by atoms with E-state index in [-0.39, 0.29) is 42.6 Å². The summed E-state index contributed by atoms with van der Waals surface area (Å²) in [7, 11) is 1.53. The summed E-state index contributed by atoms with van der Waals surface area (Å²) in [6.07, 6.45) is -2.63. The molecule has 0 unspecified atom stereocenters. The van der Waals surface area contributed by atoms with Crippen LogP contribution in [0, 0.1) is 0 Å². The van der Waals surface area contributed by atoms with Gasteiger partial charge in [0.15, 0.2) is 0 Å². The number of halogens is 5. The maximum absolute atomic E-state index is 13.2. The monoisotopic (exact) mass is 504 g/mol. The molecule has 1 saturated heterocycles. The highest BCUT2D eigenvalue weighted by Gasteiger charge is 2.38. The van der Waals surface area contributed by atoms with Gasteiger partial charge in [-0.2, -0.15) is 17.9 Å². The lowest BCUT2D eigenvalue weighted by Gasteiger charge is -2.34. The van der Waals surface area contributed by atoms with Crippen molar-refractivity contribution in [3.63, 3.8) is 0 Å². The van der Waals surface area contributed by atoms with Gasteiger partial charge in [-0.1, -0.05) is 30.3 Å². The number of methoxy groups -OCH3 is 1. The van der Waals surface area contributed by atoms with Crippen LogP contribution < -0.4 is 15.4 Å². The Kier molecular flexibility index (Phi) is 9.47. The number of tetrazole rings is 1. The number of piperidine rings is 1. The molecule has 12 heteroatoms. The SMILES string of the molecule is COc1ccc(-n2nnnc2C(F)(F)F)cc1CN[C@@H]1CCCN[C@@H]1c1ccccc1.Cl.Cl. The number of nitrogens with zero attached hydrogens (tertiary/aromatic N) is 4. The summed E-state index contributed by atoms with van der Waals surface area (Å²) in [4.78, 5) is 0. The number of aromatic nitrogens is 4. The van der Waals surface area contributed by atoms with E-state index in [9.17, 15) is 13.2 Å². The summed E-state index contributed by atoms with van der Waals surface area (Å²) in [5.74, 6) is -0.588. The van der Waals surface area contributed by atoms with Crippen LogP contribution in [-0.4, -0.2) is 39.9 Å². The molecule has 1 aliphatic heterocycles. The Bertz CT molecular complexity index is 1020. The van der Waals surface area contributed by atoms with Crippen LogP contribution in [0.3, 0.4) is 0 Å². The van der Waals surface area contributed by atoms with Gasteiger partial charge in [-0.25, -0.2) is 0 Å². The molecule has 1 fully saturated rings. The first kappa shape index (κ1) is 26.8. The number of hydrogen-bond donors (Lipinski definition) is 2. The topological polar surface area (TPSA) is 76.9 Å². The van der Waals surface area contributed by atoms with Crippen molar-refractivity contribution in [1.29, 1.82) is 0 Å². The van der Waals surface area contributed by atoms with Crippen molar-refractivity contribution in [2.75, 3.05) is 13.7 Å². The molecule has 1 aromatic heterocycles. The second-order valence-corrected chi connectivity index (χ2v) is 7.38. The van der Waals surface area contributed by atoms with E-state index in [1.165, 1.54) is 18.7 Å². The number of nitrogens with one attached hydrogen (secondary N) is 2. The van der Waals surface area contributed by atoms with Gasteiger partial charge < -0.3 is 15.4 Å². The van der Waals surface area contributed by atoms with Crippen LogP contribution in [0.25, 0.3) is 5.69 Å². The standard InChI is InChI=1S/C21H23F3N6O.2ClH/c1-31-18-10-9-16(30-20(21(22,23)24)27-28-29-30)12-15(18)13-26-17-8-5-11-25-19(17)14-6-3-2-4-7-14;;/h2-4,6-7,9-10,12,17,19,25-26H,5,8,11,13H2,1H3;2*1H/t17-,19-;;/m1../s1. The molecule has 180 valence electrons. The summed E-state index contributed by atoms with van der Waals surface area (Å²) in [5.41, 5.74) is 2.14. The Morgan fingerprint density at radius 2 is 1.91 bits per heavy atom. The van der Waals surface area contributed by atoms with Gasteiger partial charge in [-0.05, 0) is 53.6 Å². The van der Waals surface area contributed by atoms with Gasteiger partial charge in [0.25, 0.3) is 5.82 Å². The van der Waals surface area contributed by atoms with Crippen molar-refractivity contribution in [2.24, 2.45) is 0 Å². The predicted molar refractivity (Wildman–Crippen MR) is 122 cm³/mol. The van der Waals surface area contributed by atoms with E-state index in [1.54, 1.807) is 12.1 Å². The molecular formula is C21H25Cl2F3N6O. The molecule has 1 aliphatic rings. The van der Waals surface area contributed by atoms with Crippen LogP contribution in [0.4, 0.5) is 13.2 Å². The van der Waals surface area contributed by atoms with Crippen molar-refractivity contribution in [1.82, 2.24) is 30.8 Å². The van der Waals surface area contributed by atoms with Crippen molar-refractivity contribution in [3.05, 3.63) is 65.5 Å². The average Bonchev–Trinajstić information content (AvgIpc) is 3.29. The summed E-state index contributed by atoms with van der Waals surface area (Å²) in [6.45, 7) is 1.37. The summed E-state index contributed by atoms with van der Waals surface area (Å²) in [6, 6.07) is 15.3. The van der Waals surface area contributed by atoms with Gasteiger partial charge in [0.1, 0.15) is 5.75 Å². The molecule has 3 aromatic rings. The zero-order valence-electron chi connectivity index (χ0n) is 17.7. The minimum Gasteiger partial charge on any atom is -0.496 e. The highest BCUT2D eigenvalue weighted by atomic mass is 35.5. The smallest absolute Gasteiger partial charge is 0.453 e. The van der Waals surface area contributed by atoms with Crippen LogP contribution in [-0.2, 0) is 12.7 Å². The molecule has 33 heavy (non-hydrogen) atoms. The van der Waals surface area contributed by atoms with E-state index < -0.39 is 12.0 Å². The molecule has 2 heterocycles. The second kappa shape index (κ2) is 11.6. The van der Waals surface area contributed by atoms with Gasteiger partial charge in [0.2, 0.25) is 0 Å². The van der Waals surface area contributed by atoms with E-state index in [4.69, 9.17) is 4.74 Å². The van der Waals surface area contributed by atoms with Gasteiger partial charge in [-0.15, -0.1) is 29.9 Å². The Hall–Kier alpha value is -2.40. The first-order valence-electron chi connectivity index (χ1n) is 10.0. The van der Waals surface area contributed by atoms with Crippen LogP contribution in [0.15, 0.2) is 48.5 Å². The van der Waals surface area contributed by atoms with Gasteiger partial charge >= 0.3 is 6.18 Å². The number of benzene rings is 2. The third-order valence-electron chi connectivity index (χ3n) is 5.40. The maximum Gasteiger partial charge on any atom is 0.453 e.